The fourth-order valence-electron chi connectivity index (χ4n) is 3.96. The van der Waals surface area contributed by atoms with Gasteiger partial charge in [-0.2, -0.15) is 0 Å². The van der Waals surface area contributed by atoms with Gasteiger partial charge in [0.1, 0.15) is 0 Å². The molecule has 2 aliphatic rings. The van der Waals surface area contributed by atoms with Gasteiger partial charge >= 0.3 is 0 Å². The molecular weight excluding hydrogens is 248 g/mol. The van der Waals surface area contributed by atoms with Crippen molar-refractivity contribution in [1.82, 2.24) is 4.90 Å². The molecule has 1 saturated carbocycles. The third-order valence-corrected chi connectivity index (χ3v) is 4.98. The molecule has 2 N–H and O–H groups in total. The number of hydrogen-bond donors (Lipinski definition) is 1. The molecule has 1 aliphatic carbocycles. The Labute approximate surface area is 121 Å². The molecule has 0 spiro atoms. The van der Waals surface area contributed by atoms with E-state index < -0.39 is 0 Å². The maximum absolute atomic E-state index is 12.8. The van der Waals surface area contributed by atoms with Gasteiger partial charge in [-0.1, -0.05) is 12.8 Å². The zero-order valence-corrected chi connectivity index (χ0v) is 12.3. The van der Waals surface area contributed by atoms with Gasteiger partial charge in [0.2, 0.25) is 0 Å². The van der Waals surface area contributed by atoms with Crippen LogP contribution in [0.25, 0.3) is 0 Å². The molecule has 1 aromatic rings. The van der Waals surface area contributed by atoms with Crippen molar-refractivity contribution in [2.75, 3.05) is 12.3 Å². The summed E-state index contributed by atoms with van der Waals surface area (Å²) in [7, 11) is 0. The molecule has 0 bridgehead atoms. The summed E-state index contributed by atoms with van der Waals surface area (Å²) in [6, 6.07) is 6.09. The number of rotatable bonds is 2. The van der Waals surface area contributed by atoms with E-state index in [-0.39, 0.29) is 5.91 Å². The highest BCUT2D eigenvalue weighted by Crippen LogP contribution is 2.36. The average molecular weight is 272 g/mol. The van der Waals surface area contributed by atoms with Crippen molar-refractivity contribution in [2.45, 2.75) is 51.5 Å². The van der Waals surface area contributed by atoms with Gasteiger partial charge in [-0.3, -0.25) is 4.79 Å². The molecule has 2 fully saturated rings. The summed E-state index contributed by atoms with van der Waals surface area (Å²) in [6.45, 7) is 2.90. The Hall–Kier alpha value is -1.51. The smallest absolute Gasteiger partial charge is 0.254 e. The topological polar surface area (TPSA) is 46.3 Å². The maximum atomic E-state index is 12.8. The predicted octanol–water partition coefficient (Wildman–Crippen LogP) is 3.37. The van der Waals surface area contributed by atoms with Crippen molar-refractivity contribution in [3.05, 3.63) is 29.3 Å². The molecule has 3 nitrogen and oxygen atoms in total. The molecule has 3 rings (SSSR count). The SMILES string of the molecule is Cc1cc(N)ccc1C(=O)N1CCCC1C1CCCC1. The normalized spacial score (nSPS) is 23.4. The number of nitrogens with two attached hydrogens (primary N) is 1. The molecule has 1 unspecified atom stereocenters. The van der Waals surface area contributed by atoms with Crippen LogP contribution in [0, 0.1) is 12.8 Å². The van der Waals surface area contributed by atoms with Crippen LogP contribution in [0.5, 0.6) is 0 Å². The van der Waals surface area contributed by atoms with E-state index in [0.29, 0.717) is 6.04 Å². The van der Waals surface area contributed by atoms with Crippen LogP contribution >= 0.6 is 0 Å². The first-order valence-electron chi connectivity index (χ1n) is 7.84. The number of likely N-dealkylation sites (tertiary alicyclic amines) is 1. The molecule has 1 saturated heterocycles. The number of aryl methyl sites for hydroxylation is 1. The van der Waals surface area contributed by atoms with Crippen LogP contribution in [0.15, 0.2) is 18.2 Å². The molecule has 0 aromatic heterocycles. The standard InChI is InChI=1S/C17H24N2O/c1-12-11-14(18)8-9-15(12)17(20)19-10-4-7-16(19)13-5-2-3-6-13/h8-9,11,13,16H,2-7,10,18H2,1H3. The second kappa shape index (κ2) is 5.47. The van der Waals surface area contributed by atoms with Crippen LogP contribution in [-0.4, -0.2) is 23.4 Å². The Bertz CT molecular complexity index is 506. The number of benzene rings is 1. The van der Waals surface area contributed by atoms with Crippen LogP contribution in [0.1, 0.15) is 54.4 Å². The summed E-state index contributed by atoms with van der Waals surface area (Å²) in [5, 5.41) is 0. The average Bonchev–Trinajstić information content (AvgIpc) is 3.09. The number of nitrogen functional groups attached to an aromatic ring is 1. The van der Waals surface area contributed by atoms with Gasteiger partial charge in [-0.25, -0.2) is 0 Å². The summed E-state index contributed by atoms with van der Waals surface area (Å²) >= 11 is 0. The van der Waals surface area contributed by atoms with Gasteiger partial charge < -0.3 is 10.6 Å². The monoisotopic (exact) mass is 272 g/mol. The molecule has 1 aliphatic heterocycles. The Balaban J connectivity index is 1.81. The summed E-state index contributed by atoms with van der Waals surface area (Å²) in [5.74, 6) is 0.937. The Morgan fingerprint density at radius 2 is 1.95 bits per heavy atom. The van der Waals surface area contributed by atoms with E-state index in [9.17, 15) is 4.79 Å². The van der Waals surface area contributed by atoms with E-state index in [2.05, 4.69) is 4.90 Å². The van der Waals surface area contributed by atoms with Gasteiger partial charge in [0.25, 0.3) is 5.91 Å². The lowest BCUT2D eigenvalue weighted by molar-refractivity contribution is 0.0688. The van der Waals surface area contributed by atoms with Crippen LogP contribution in [-0.2, 0) is 0 Å². The van der Waals surface area contributed by atoms with Crippen LogP contribution < -0.4 is 5.73 Å². The summed E-state index contributed by atoms with van der Waals surface area (Å²) in [4.78, 5) is 15.0. The van der Waals surface area contributed by atoms with Crippen molar-refractivity contribution in [3.8, 4) is 0 Å². The lowest BCUT2D eigenvalue weighted by Crippen LogP contribution is -2.39. The number of carbonyl (C=O) groups excluding carboxylic acids is 1. The molecule has 0 radical (unpaired) electrons. The number of hydrogen-bond acceptors (Lipinski definition) is 2. The Morgan fingerprint density at radius 3 is 2.65 bits per heavy atom. The highest BCUT2D eigenvalue weighted by molar-refractivity contribution is 5.96. The van der Waals surface area contributed by atoms with Gasteiger partial charge in [0, 0.05) is 23.8 Å². The van der Waals surface area contributed by atoms with Crippen molar-refractivity contribution in [2.24, 2.45) is 5.92 Å². The minimum Gasteiger partial charge on any atom is -0.399 e. The van der Waals surface area contributed by atoms with Gasteiger partial charge in [0.05, 0.1) is 0 Å². The number of amides is 1. The van der Waals surface area contributed by atoms with E-state index >= 15 is 0 Å². The van der Waals surface area contributed by atoms with Gasteiger partial charge in [-0.05, 0) is 62.3 Å². The third kappa shape index (κ3) is 2.41. The zero-order valence-electron chi connectivity index (χ0n) is 12.3. The first-order valence-corrected chi connectivity index (χ1v) is 7.84. The molecule has 1 amide bonds. The second-order valence-electron chi connectivity index (χ2n) is 6.33. The first kappa shape index (κ1) is 13.5. The molecule has 1 atom stereocenters. The van der Waals surface area contributed by atoms with Crippen molar-refractivity contribution < 1.29 is 4.79 Å². The van der Waals surface area contributed by atoms with Crippen molar-refractivity contribution in [3.63, 3.8) is 0 Å². The van der Waals surface area contributed by atoms with E-state index in [0.717, 1.165) is 35.7 Å². The summed E-state index contributed by atoms with van der Waals surface area (Å²) < 4.78 is 0. The zero-order chi connectivity index (χ0) is 14.1. The van der Waals surface area contributed by atoms with Gasteiger partial charge in [-0.15, -0.1) is 0 Å². The molecule has 1 heterocycles. The quantitative estimate of drug-likeness (QED) is 0.839. The highest BCUT2D eigenvalue weighted by Gasteiger charge is 2.36. The maximum Gasteiger partial charge on any atom is 0.254 e. The van der Waals surface area contributed by atoms with Crippen LogP contribution in [0.4, 0.5) is 5.69 Å². The van der Waals surface area contributed by atoms with E-state index in [1.165, 1.54) is 32.1 Å². The lowest BCUT2D eigenvalue weighted by Gasteiger charge is -2.30. The minimum absolute atomic E-state index is 0.205. The predicted molar refractivity (Wildman–Crippen MR) is 81.6 cm³/mol. The minimum atomic E-state index is 0.205. The molecule has 3 heteroatoms. The molecule has 1 aromatic carbocycles. The number of nitrogens with zero attached hydrogens (tertiary/aromatic N) is 1. The van der Waals surface area contributed by atoms with E-state index in [4.69, 9.17) is 5.73 Å². The van der Waals surface area contributed by atoms with Crippen LogP contribution in [0.2, 0.25) is 0 Å². The Morgan fingerprint density at radius 1 is 1.20 bits per heavy atom. The van der Waals surface area contributed by atoms with E-state index in [1.807, 2.05) is 25.1 Å². The van der Waals surface area contributed by atoms with E-state index in [1.54, 1.807) is 0 Å². The number of carbonyl (C=O) groups is 1. The van der Waals surface area contributed by atoms with Gasteiger partial charge in [0.15, 0.2) is 0 Å². The van der Waals surface area contributed by atoms with Crippen molar-refractivity contribution >= 4 is 11.6 Å². The third-order valence-electron chi connectivity index (χ3n) is 4.98. The lowest BCUT2D eigenvalue weighted by atomic mass is 9.95. The number of anilines is 1. The van der Waals surface area contributed by atoms with Crippen LogP contribution in [0.3, 0.4) is 0 Å². The molecule has 108 valence electrons. The van der Waals surface area contributed by atoms with Crippen molar-refractivity contribution in [1.29, 1.82) is 0 Å². The second-order valence-corrected chi connectivity index (χ2v) is 6.33. The Kier molecular flexibility index (Phi) is 3.68. The summed E-state index contributed by atoms with van der Waals surface area (Å²) in [5.41, 5.74) is 8.33. The fraction of sp³-hybridized carbons (Fsp3) is 0.588. The molecular formula is C17H24N2O. The first-order chi connectivity index (χ1) is 9.66. The highest BCUT2D eigenvalue weighted by atomic mass is 16.2. The molecule has 20 heavy (non-hydrogen) atoms. The largest absolute Gasteiger partial charge is 0.399 e. The summed E-state index contributed by atoms with van der Waals surface area (Å²) in [6.07, 6.45) is 7.61. The fourth-order valence-corrected chi connectivity index (χ4v) is 3.96.